The molecule has 0 radical (unpaired) electrons. The molecule has 2 aromatic rings. The van der Waals surface area contributed by atoms with Crippen molar-refractivity contribution in [3.05, 3.63) is 36.2 Å². The predicted octanol–water partition coefficient (Wildman–Crippen LogP) is 1.26. The molecule has 2 heterocycles. The van der Waals surface area contributed by atoms with Crippen molar-refractivity contribution in [2.24, 2.45) is 7.05 Å². The molecule has 0 aliphatic carbocycles. The van der Waals surface area contributed by atoms with E-state index in [2.05, 4.69) is 17.0 Å². The molecular weight excluding hydrogens is 204 g/mol. The van der Waals surface area contributed by atoms with Gasteiger partial charge in [-0.25, -0.2) is 4.98 Å². The minimum Gasteiger partial charge on any atom is -0.331 e. The molecule has 0 aromatic carbocycles. The Morgan fingerprint density at radius 3 is 2.94 bits per heavy atom. The topological polar surface area (TPSA) is 52.7 Å². The highest BCUT2D eigenvalue weighted by Crippen LogP contribution is 2.06. The fourth-order valence-electron chi connectivity index (χ4n) is 1.55. The third kappa shape index (κ3) is 1.88. The van der Waals surface area contributed by atoms with E-state index in [1.54, 1.807) is 41.1 Å². The van der Waals surface area contributed by atoms with Gasteiger partial charge in [-0.3, -0.25) is 9.48 Å². The van der Waals surface area contributed by atoms with Crippen LogP contribution in [0.15, 0.2) is 24.8 Å². The van der Waals surface area contributed by atoms with Crippen LogP contribution in [0, 0.1) is 0 Å². The van der Waals surface area contributed by atoms with E-state index in [4.69, 9.17) is 0 Å². The van der Waals surface area contributed by atoms with Crippen LogP contribution in [0.25, 0.3) is 0 Å². The SMILES string of the molecule is CCCn1cc(C(=O)c2nccn2C)cn1. The Kier molecular flexibility index (Phi) is 2.85. The lowest BCUT2D eigenvalue weighted by atomic mass is 10.2. The van der Waals surface area contributed by atoms with E-state index in [1.165, 1.54) is 0 Å². The highest BCUT2D eigenvalue weighted by atomic mass is 16.1. The van der Waals surface area contributed by atoms with Gasteiger partial charge in [0.1, 0.15) is 0 Å². The summed E-state index contributed by atoms with van der Waals surface area (Å²) in [5.74, 6) is 0.353. The standard InChI is InChI=1S/C11H14N4O/c1-3-5-15-8-9(7-13-15)10(16)11-12-4-6-14(11)2/h4,6-8H,3,5H2,1-2H3. The van der Waals surface area contributed by atoms with E-state index in [9.17, 15) is 4.79 Å². The van der Waals surface area contributed by atoms with Gasteiger partial charge >= 0.3 is 0 Å². The van der Waals surface area contributed by atoms with Gasteiger partial charge in [0.2, 0.25) is 5.78 Å². The molecule has 0 saturated heterocycles. The lowest BCUT2D eigenvalue weighted by Gasteiger charge is -1.98. The summed E-state index contributed by atoms with van der Waals surface area (Å²) in [6, 6.07) is 0. The van der Waals surface area contributed by atoms with Crippen molar-refractivity contribution in [3.8, 4) is 0 Å². The molecule has 0 bridgehead atoms. The van der Waals surface area contributed by atoms with Gasteiger partial charge in [-0.1, -0.05) is 6.92 Å². The quantitative estimate of drug-likeness (QED) is 0.726. The van der Waals surface area contributed by atoms with Crippen LogP contribution in [-0.4, -0.2) is 25.1 Å². The number of carbonyl (C=O) groups excluding carboxylic acids is 1. The summed E-state index contributed by atoms with van der Waals surface area (Å²) in [5, 5.41) is 4.13. The van der Waals surface area contributed by atoms with Crippen molar-refractivity contribution in [2.45, 2.75) is 19.9 Å². The molecule has 0 saturated carbocycles. The van der Waals surface area contributed by atoms with Gasteiger partial charge in [0.05, 0.1) is 11.8 Å². The van der Waals surface area contributed by atoms with Crippen molar-refractivity contribution in [1.29, 1.82) is 0 Å². The van der Waals surface area contributed by atoms with Crippen LogP contribution in [0.4, 0.5) is 0 Å². The smallest absolute Gasteiger partial charge is 0.231 e. The number of rotatable bonds is 4. The molecule has 84 valence electrons. The first-order chi connectivity index (χ1) is 7.72. The maximum absolute atomic E-state index is 12.0. The molecule has 2 aromatic heterocycles. The van der Waals surface area contributed by atoms with E-state index < -0.39 is 0 Å². The summed E-state index contributed by atoms with van der Waals surface area (Å²) >= 11 is 0. The zero-order valence-electron chi connectivity index (χ0n) is 9.42. The first-order valence-corrected chi connectivity index (χ1v) is 5.27. The maximum Gasteiger partial charge on any atom is 0.231 e. The first-order valence-electron chi connectivity index (χ1n) is 5.27. The number of hydrogen-bond acceptors (Lipinski definition) is 3. The number of nitrogens with zero attached hydrogens (tertiary/aromatic N) is 4. The monoisotopic (exact) mass is 218 g/mol. The van der Waals surface area contributed by atoms with Crippen LogP contribution in [0.5, 0.6) is 0 Å². The fraction of sp³-hybridized carbons (Fsp3) is 0.364. The predicted molar refractivity (Wildman–Crippen MR) is 59.2 cm³/mol. The van der Waals surface area contributed by atoms with E-state index in [0.717, 1.165) is 13.0 Å². The second-order valence-electron chi connectivity index (χ2n) is 3.68. The zero-order chi connectivity index (χ0) is 11.5. The summed E-state index contributed by atoms with van der Waals surface area (Å²) in [4.78, 5) is 16.0. The van der Waals surface area contributed by atoms with Crippen LogP contribution in [0.3, 0.4) is 0 Å². The number of carbonyl (C=O) groups is 1. The number of ketones is 1. The number of aromatic nitrogens is 4. The van der Waals surface area contributed by atoms with Crippen molar-refractivity contribution in [3.63, 3.8) is 0 Å². The van der Waals surface area contributed by atoms with E-state index in [0.29, 0.717) is 11.4 Å². The maximum atomic E-state index is 12.0. The molecule has 0 N–H and O–H groups in total. The van der Waals surface area contributed by atoms with Crippen molar-refractivity contribution < 1.29 is 4.79 Å². The fourth-order valence-corrected chi connectivity index (χ4v) is 1.55. The van der Waals surface area contributed by atoms with Crippen molar-refractivity contribution >= 4 is 5.78 Å². The molecule has 5 nitrogen and oxygen atoms in total. The number of imidazole rings is 1. The molecule has 2 rings (SSSR count). The van der Waals surface area contributed by atoms with Gasteiger partial charge < -0.3 is 4.57 Å². The van der Waals surface area contributed by atoms with E-state index >= 15 is 0 Å². The Morgan fingerprint density at radius 2 is 2.31 bits per heavy atom. The van der Waals surface area contributed by atoms with Crippen LogP contribution in [-0.2, 0) is 13.6 Å². The average molecular weight is 218 g/mol. The Hall–Kier alpha value is -1.91. The van der Waals surface area contributed by atoms with Crippen LogP contribution in [0.2, 0.25) is 0 Å². The molecule has 0 unspecified atom stereocenters. The van der Waals surface area contributed by atoms with Crippen LogP contribution < -0.4 is 0 Å². The lowest BCUT2D eigenvalue weighted by Crippen LogP contribution is -2.07. The molecule has 16 heavy (non-hydrogen) atoms. The van der Waals surface area contributed by atoms with Gasteiger partial charge in [0.25, 0.3) is 0 Å². The lowest BCUT2D eigenvalue weighted by molar-refractivity contribution is 0.102. The molecule has 0 aliphatic heterocycles. The first kappa shape index (κ1) is 10.6. The largest absolute Gasteiger partial charge is 0.331 e. The molecule has 0 aliphatic rings. The third-order valence-corrected chi connectivity index (χ3v) is 2.37. The van der Waals surface area contributed by atoms with Gasteiger partial charge in [-0.2, -0.15) is 5.10 Å². The summed E-state index contributed by atoms with van der Waals surface area (Å²) < 4.78 is 3.48. The second kappa shape index (κ2) is 4.30. The third-order valence-electron chi connectivity index (χ3n) is 2.37. The van der Waals surface area contributed by atoms with Gasteiger partial charge in [0, 0.05) is 32.2 Å². The highest BCUT2D eigenvalue weighted by Gasteiger charge is 2.15. The van der Waals surface area contributed by atoms with Gasteiger partial charge in [-0.05, 0) is 6.42 Å². The summed E-state index contributed by atoms with van der Waals surface area (Å²) in [6.45, 7) is 2.90. The summed E-state index contributed by atoms with van der Waals surface area (Å²) in [6.07, 6.45) is 7.72. The highest BCUT2D eigenvalue weighted by molar-refractivity contribution is 6.06. The molecule has 5 heteroatoms. The number of hydrogen-bond donors (Lipinski definition) is 0. The Bertz CT molecular complexity index is 498. The Labute approximate surface area is 93.7 Å². The van der Waals surface area contributed by atoms with E-state index in [-0.39, 0.29) is 5.78 Å². The Morgan fingerprint density at radius 1 is 1.50 bits per heavy atom. The normalized spacial score (nSPS) is 10.6. The minimum absolute atomic E-state index is 0.0881. The van der Waals surface area contributed by atoms with Crippen molar-refractivity contribution in [1.82, 2.24) is 19.3 Å². The second-order valence-corrected chi connectivity index (χ2v) is 3.68. The minimum atomic E-state index is -0.0881. The molecule has 0 atom stereocenters. The van der Waals surface area contributed by atoms with E-state index in [1.807, 2.05) is 0 Å². The van der Waals surface area contributed by atoms with Gasteiger partial charge in [0.15, 0.2) is 5.82 Å². The number of aryl methyl sites for hydroxylation is 2. The zero-order valence-corrected chi connectivity index (χ0v) is 9.42. The van der Waals surface area contributed by atoms with Crippen molar-refractivity contribution in [2.75, 3.05) is 0 Å². The average Bonchev–Trinajstić information content (AvgIpc) is 2.87. The molecule has 0 spiro atoms. The summed E-state index contributed by atoms with van der Waals surface area (Å²) in [7, 11) is 1.80. The van der Waals surface area contributed by atoms with Gasteiger partial charge in [-0.15, -0.1) is 0 Å². The molecule has 0 amide bonds. The Balaban J connectivity index is 2.24. The van der Waals surface area contributed by atoms with Crippen LogP contribution >= 0.6 is 0 Å². The molecular formula is C11H14N4O. The molecule has 0 fully saturated rings. The van der Waals surface area contributed by atoms with Crippen LogP contribution in [0.1, 0.15) is 29.5 Å². The summed E-state index contributed by atoms with van der Waals surface area (Å²) in [5.41, 5.74) is 0.586.